The number of thiophene rings is 1. The Hall–Kier alpha value is -2.66. The fourth-order valence-electron chi connectivity index (χ4n) is 3.30. The molecule has 0 bridgehead atoms. The third-order valence-electron chi connectivity index (χ3n) is 4.86. The van der Waals surface area contributed by atoms with E-state index in [4.69, 9.17) is 5.73 Å². The highest BCUT2D eigenvalue weighted by Crippen LogP contribution is 2.39. The lowest BCUT2D eigenvalue weighted by molar-refractivity contribution is 0.102. The van der Waals surface area contributed by atoms with Crippen LogP contribution in [0.25, 0.3) is 0 Å². The van der Waals surface area contributed by atoms with E-state index in [0.717, 1.165) is 18.7 Å². The van der Waals surface area contributed by atoms with Gasteiger partial charge in [-0.3, -0.25) is 19.1 Å². The van der Waals surface area contributed by atoms with Crippen LogP contribution < -0.4 is 17.0 Å². The Morgan fingerprint density at radius 1 is 1.37 bits per heavy atom. The van der Waals surface area contributed by atoms with Crippen LogP contribution in [0.5, 0.6) is 0 Å². The molecule has 1 aliphatic carbocycles. The number of ketones is 1. The molecule has 0 spiro atoms. The van der Waals surface area contributed by atoms with Crippen LogP contribution in [-0.4, -0.2) is 35.9 Å². The third kappa shape index (κ3) is 4.12. The second-order valence-corrected chi connectivity index (χ2v) is 9.11. The monoisotopic (exact) mass is 446 g/mol. The van der Waals surface area contributed by atoms with Crippen LogP contribution >= 0.6 is 23.1 Å². The molecule has 0 unspecified atom stereocenters. The van der Waals surface area contributed by atoms with E-state index in [1.807, 2.05) is 18.4 Å². The number of nitrogens with one attached hydrogen (secondary N) is 1. The summed E-state index contributed by atoms with van der Waals surface area (Å²) in [5.74, 6) is 0.345. The molecular weight excluding hydrogens is 424 g/mol. The first-order chi connectivity index (χ1) is 14.5. The molecule has 0 atom stereocenters. The predicted molar refractivity (Wildman–Crippen MR) is 116 cm³/mol. The average Bonchev–Trinajstić information content (AvgIpc) is 3.26. The van der Waals surface area contributed by atoms with Crippen molar-refractivity contribution in [2.45, 2.75) is 50.4 Å². The van der Waals surface area contributed by atoms with E-state index in [-0.39, 0.29) is 17.1 Å². The van der Waals surface area contributed by atoms with E-state index in [9.17, 15) is 14.4 Å². The molecule has 1 aliphatic rings. The summed E-state index contributed by atoms with van der Waals surface area (Å²) in [4.78, 5) is 40.4. The van der Waals surface area contributed by atoms with Gasteiger partial charge in [0.15, 0.2) is 10.9 Å². The van der Waals surface area contributed by atoms with Gasteiger partial charge in [-0.15, -0.1) is 21.5 Å². The van der Waals surface area contributed by atoms with Gasteiger partial charge in [-0.1, -0.05) is 24.8 Å². The van der Waals surface area contributed by atoms with Crippen LogP contribution in [0.4, 0.5) is 5.82 Å². The number of H-pyrrole nitrogens is 1. The quantitative estimate of drug-likeness (QED) is 0.380. The minimum Gasteiger partial charge on any atom is -0.384 e. The van der Waals surface area contributed by atoms with Gasteiger partial charge in [0.1, 0.15) is 17.2 Å². The van der Waals surface area contributed by atoms with E-state index >= 15 is 0 Å². The lowest BCUT2D eigenvalue weighted by Gasteiger charge is -2.11. The van der Waals surface area contributed by atoms with Crippen LogP contribution in [-0.2, 0) is 13.0 Å². The van der Waals surface area contributed by atoms with Crippen molar-refractivity contribution >= 4 is 34.7 Å². The van der Waals surface area contributed by atoms with Crippen LogP contribution in [0.1, 0.15) is 53.3 Å². The van der Waals surface area contributed by atoms with Gasteiger partial charge in [0.25, 0.3) is 5.56 Å². The van der Waals surface area contributed by atoms with Gasteiger partial charge in [-0.25, -0.2) is 4.79 Å². The second kappa shape index (κ2) is 8.60. The first kappa shape index (κ1) is 20.6. The van der Waals surface area contributed by atoms with Crippen LogP contribution in [0.3, 0.4) is 0 Å². The molecule has 4 rings (SSSR count). The summed E-state index contributed by atoms with van der Waals surface area (Å²) in [6.07, 6.45) is 3.47. The summed E-state index contributed by atoms with van der Waals surface area (Å²) < 4.78 is 3.33. The van der Waals surface area contributed by atoms with E-state index in [2.05, 4.69) is 25.8 Å². The molecule has 30 heavy (non-hydrogen) atoms. The summed E-state index contributed by atoms with van der Waals surface area (Å²) in [6.45, 7) is 2.21. The fraction of sp³-hybridized carbons (Fsp3) is 0.421. The number of aromatic amines is 1. The van der Waals surface area contributed by atoms with Gasteiger partial charge in [0.2, 0.25) is 0 Å². The Kier molecular flexibility index (Phi) is 5.91. The first-order valence-corrected chi connectivity index (χ1v) is 11.6. The molecule has 3 N–H and O–H groups in total. The molecule has 0 saturated heterocycles. The summed E-state index contributed by atoms with van der Waals surface area (Å²) in [7, 11) is 0. The van der Waals surface area contributed by atoms with Crippen molar-refractivity contribution in [2.75, 3.05) is 11.5 Å². The smallest absolute Gasteiger partial charge is 0.329 e. The predicted octanol–water partition coefficient (Wildman–Crippen LogP) is 2.08. The van der Waals surface area contributed by atoms with Crippen molar-refractivity contribution in [3.05, 3.63) is 54.6 Å². The maximum absolute atomic E-state index is 12.8. The van der Waals surface area contributed by atoms with Gasteiger partial charge in [-0.2, -0.15) is 0 Å². The van der Waals surface area contributed by atoms with Gasteiger partial charge < -0.3 is 10.3 Å². The number of hydrogen-bond donors (Lipinski definition) is 2. The van der Waals surface area contributed by atoms with Gasteiger partial charge in [0.05, 0.1) is 5.75 Å². The molecular formula is C19H22N6O3S2. The highest BCUT2D eigenvalue weighted by Gasteiger charge is 2.30. The van der Waals surface area contributed by atoms with Gasteiger partial charge in [-0.05, 0) is 30.7 Å². The largest absolute Gasteiger partial charge is 0.384 e. The van der Waals surface area contributed by atoms with E-state index in [1.54, 1.807) is 11.3 Å². The zero-order valence-corrected chi connectivity index (χ0v) is 18.1. The number of hydrogen-bond acceptors (Lipinski definition) is 8. The normalized spacial score (nSPS) is 13.6. The molecule has 1 saturated carbocycles. The van der Waals surface area contributed by atoms with Crippen molar-refractivity contribution in [3.63, 3.8) is 0 Å². The summed E-state index contributed by atoms with van der Waals surface area (Å²) in [6, 6.07) is 4.42. The number of thioether (sulfide) groups is 1. The number of aromatic nitrogens is 5. The Morgan fingerprint density at radius 3 is 2.83 bits per heavy atom. The molecule has 0 amide bonds. The number of rotatable bonds is 9. The minimum absolute atomic E-state index is 0.0124. The maximum Gasteiger partial charge on any atom is 0.329 e. The Morgan fingerprint density at radius 2 is 2.17 bits per heavy atom. The lowest BCUT2D eigenvalue weighted by Crippen LogP contribution is -2.36. The van der Waals surface area contributed by atoms with Crippen LogP contribution in [0.15, 0.2) is 32.3 Å². The van der Waals surface area contributed by atoms with Crippen molar-refractivity contribution in [2.24, 2.45) is 0 Å². The Labute approximate surface area is 180 Å². The summed E-state index contributed by atoms with van der Waals surface area (Å²) >= 11 is 2.91. The number of nitrogens with zero attached hydrogens (tertiary/aromatic N) is 4. The third-order valence-corrected chi connectivity index (χ3v) is 6.68. The summed E-state index contributed by atoms with van der Waals surface area (Å²) in [5.41, 5.74) is 4.46. The highest BCUT2D eigenvalue weighted by atomic mass is 32.2. The van der Waals surface area contributed by atoms with E-state index < -0.39 is 17.0 Å². The molecule has 3 heterocycles. The highest BCUT2D eigenvalue weighted by molar-refractivity contribution is 7.99. The summed E-state index contributed by atoms with van der Waals surface area (Å²) in [5, 5.41) is 11.3. The molecule has 3 aromatic rings. The van der Waals surface area contributed by atoms with Crippen molar-refractivity contribution in [1.29, 1.82) is 0 Å². The zero-order valence-electron chi connectivity index (χ0n) is 16.5. The number of carbonyl (C=O) groups is 1. The second-order valence-electron chi connectivity index (χ2n) is 7.14. The number of nitrogen functional groups attached to an aromatic ring is 1. The zero-order chi connectivity index (χ0) is 21.3. The molecule has 0 radical (unpaired) electrons. The molecule has 0 aromatic carbocycles. The van der Waals surface area contributed by atoms with Crippen molar-refractivity contribution in [1.82, 2.24) is 24.3 Å². The number of anilines is 1. The molecule has 0 aliphatic heterocycles. The average molecular weight is 447 g/mol. The number of carbonyl (C=O) groups excluding carboxylic acids is 1. The van der Waals surface area contributed by atoms with Crippen LogP contribution in [0.2, 0.25) is 0 Å². The fourth-order valence-corrected chi connectivity index (χ4v) is 4.90. The van der Waals surface area contributed by atoms with Crippen LogP contribution in [0, 0.1) is 0 Å². The SMILES string of the molecule is CCCn1c(N)c(C(=O)CSc2nnc(Cc3cccs3)n2C2CC2)c(=O)[nH]c1=O. The molecule has 11 heteroatoms. The lowest BCUT2D eigenvalue weighted by atomic mass is 10.2. The van der Waals surface area contributed by atoms with Gasteiger partial charge in [0, 0.05) is 23.9 Å². The topological polar surface area (TPSA) is 129 Å². The Balaban J connectivity index is 1.55. The van der Waals surface area contributed by atoms with Crippen molar-refractivity contribution < 1.29 is 4.79 Å². The molecule has 9 nitrogen and oxygen atoms in total. The minimum atomic E-state index is -0.752. The molecule has 158 valence electrons. The molecule has 3 aromatic heterocycles. The first-order valence-electron chi connectivity index (χ1n) is 9.74. The standard InChI is InChI=1S/C19H22N6O3S2/c1-2-7-24-16(20)15(17(27)21-18(24)28)13(26)10-30-19-23-22-14(25(19)11-5-6-11)9-12-4-3-8-29-12/h3-4,8,11H,2,5-7,9-10,20H2,1H3,(H,21,27,28). The van der Waals surface area contributed by atoms with E-state index in [1.165, 1.54) is 21.2 Å². The molecule has 1 fully saturated rings. The van der Waals surface area contributed by atoms with E-state index in [0.29, 0.717) is 30.6 Å². The Bertz CT molecular complexity index is 1170. The maximum atomic E-state index is 12.8. The number of Topliss-reactive ketones (excluding diaryl/α,β-unsaturated/α-hetero) is 1. The van der Waals surface area contributed by atoms with Crippen molar-refractivity contribution in [3.8, 4) is 0 Å². The number of nitrogens with two attached hydrogens (primary N) is 1. The van der Waals surface area contributed by atoms with Gasteiger partial charge >= 0.3 is 5.69 Å².